The van der Waals surface area contributed by atoms with Crippen LogP contribution in [0.15, 0.2) is 35.9 Å². The Labute approximate surface area is 176 Å². The molecule has 4 aliphatic carbocycles. The normalized spacial score (nSPS) is 37.1. The van der Waals surface area contributed by atoms with E-state index >= 15 is 0 Å². The molecule has 1 aromatic heterocycles. The van der Waals surface area contributed by atoms with Gasteiger partial charge in [0.05, 0.1) is 17.1 Å². The van der Waals surface area contributed by atoms with Crippen LogP contribution in [0.25, 0.3) is 5.69 Å². The Morgan fingerprint density at radius 3 is 2.60 bits per heavy atom. The third kappa shape index (κ3) is 2.41. The maximum absolute atomic E-state index is 13.3. The molecule has 0 radical (unpaired) electrons. The first-order valence-electron chi connectivity index (χ1n) is 11.3. The second-order valence-corrected chi connectivity index (χ2v) is 10.4. The molecule has 4 nitrogen and oxygen atoms in total. The van der Waals surface area contributed by atoms with E-state index in [-0.39, 0.29) is 16.6 Å². The largest absolute Gasteiger partial charge is 0.295 e. The summed E-state index contributed by atoms with van der Waals surface area (Å²) in [4.78, 5) is 13.7. The van der Waals surface area contributed by atoms with Gasteiger partial charge in [-0.1, -0.05) is 19.4 Å². The van der Waals surface area contributed by atoms with Gasteiger partial charge in [0.1, 0.15) is 5.82 Å². The van der Waals surface area contributed by atoms with Crippen molar-refractivity contribution >= 4 is 5.78 Å². The van der Waals surface area contributed by atoms with Gasteiger partial charge in [0.2, 0.25) is 0 Å². The first kappa shape index (κ1) is 18.5. The standard InChI is InChI=1S/C25H28FN3O/c1-24-11-9-18(30)13-15(24)3-8-19-20(24)10-12-25(2)21(19)14-22-23(25)28-29(27-22)17-6-4-16(26)5-7-17/h4-7,13,19-21H,3,8-12,14H2,1-2H3/t19-,20+,21+,24+,25+/m1/s1. The van der Waals surface area contributed by atoms with Crippen molar-refractivity contribution in [1.29, 1.82) is 0 Å². The molecule has 0 saturated heterocycles. The zero-order valence-corrected chi connectivity index (χ0v) is 17.7. The SMILES string of the molecule is C[C@]12CCC(=O)C=C1CC[C@@H]1[C@@H]2CC[C@]2(C)c3nn(-c4ccc(F)cc4)nc3C[C@@H]12. The monoisotopic (exact) mass is 405 g/mol. The van der Waals surface area contributed by atoms with Crippen LogP contribution in [0.5, 0.6) is 0 Å². The molecule has 0 spiro atoms. The van der Waals surface area contributed by atoms with Gasteiger partial charge >= 0.3 is 0 Å². The Bertz CT molecular complexity index is 1070. The van der Waals surface area contributed by atoms with Gasteiger partial charge in [-0.3, -0.25) is 4.79 Å². The third-order valence-electron chi connectivity index (χ3n) is 9.05. The van der Waals surface area contributed by atoms with E-state index in [1.54, 1.807) is 16.9 Å². The molecule has 30 heavy (non-hydrogen) atoms. The summed E-state index contributed by atoms with van der Waals surface area (Å²) in [6.07, 6.45) is 9.26. The molecular weight excluding hydrogens is 377 g/mol. The minimum absolute atomic E-state index is 0.0663. The highest BCUT2D eigenvalue weighted by atomic mass is 19.1. The van der Waals surface area contributed by atoms with Gasteiger partial charge in [-0.2, -0.15) is 15.0 Å². The van der Waals surface area contributed by atoms with E-state index < -0.39 is 0 Å². The zero-order valence-electron chi connectivity index (χ0n) is 17.7. The molecule has 1 aromatic carbocycles. The van der Waals surface area contributed by atoms with Crippen LogP contribution in [0, 0.1) is 29.0 Å². The van der Waals surface area contributed by atoms with Crippen molar-refractivity contribution in [2.24, 2.45) is 23.2 Å². The Balaban J connectivity index is 1.33. The second kappa shape index (κ2) is 6.12. The maximum atomic E-state index is 13.3. The molecular formula is C25H28FN3O. The fourth-order valence-corrected chi connectivity index (χ4v) is 7.37. The van der Waals surface area contributed by atoms with Crippen LogP contribution in [-0.4, -0.2) is 20.8 Å². The summed E-state index contributed by atoms with van der Waals surface area (Å²) in [5.41, 5.74) is 4.76. The van der Waals surface area contributed by atoms with Gasteiger partial charge in [0.25, 0.3) is 0 Å². The molecule has 2 saturated carbocycles. The van der Waals surface area contributed by atoms with Gasteiger partial charge in [0, 0.05) is 11.8 Å². The van der Waals surface area contributed by atoms with E-state index in [4.69, 9.17) is 10.2 Å². The molecule has 0 aliphatic heterocycles. The average Bonchev–Trinajstić information content (AvgIpc) is 3.26. The Hall–Kier alpha value is -2.30. The summed E-state index contributed by atoms with van der Waals surface area (Å²) in [6, 6.07) is 6.40. The zero-order chi connectivity index (χ0) is 20.7. The van der Waals surface area contributed by atoms with E-state index in [1.807, 2.05) is 6.08 Å². The number of nitrogens with zero attached hydrogens (tertiary/aromatic N) is 3. The summed E-state index contributed by atoms with van der Waals surface area (Å²) in [7, 11) is 0. The quantitative estimate of drug-likeness (QED) is 0.674. The number of hydrogen-bond acceptors (Lipinski definition) is 3. The lowest BCUT2D eigenvalue weighted by atomic mass is 9.47. The Morgan fingerprint density at radius 2 is 1.80 bits per heavy atom. The molecule has 0 N–H and O–H groups in total. The van der Waals surface area contributed by atoms with Crippen LogP contribution in [0.1, 0.15) is 63.8 Å². The van der Waals surface area contributed by atoms with Gasteiger partial charge in [0.15, 0.2) is 5.78 Å². The molecule has 5 heteroatoms. The smallest absolute Gasteiger partial charge is 0.155 e. The highest BCUT2D eigenvalue weighted by molar-refractivity contribution is 5.91. The molecule has 4 aliphatic rings. The number of aromatic nitrogens is 3. The minimum Gasteiger partial charge on any atom is -0.295 e. The van der Waals surface area contributed by atoms with Crippen molar-refractivity contribution in [3.8, 4) is 5.69 Å². The molecule has 2 aromatic rings. The summed E-state index contributed by atoms with van der Waals surface area (Å²) < 4.78 is 13.3. The number of rotatable bonds is 1. The van der Waals surface area contributed by atoms with Gasteiger partial charge in [-0.25, -0.2) is 4.39 Å². The number of carbonyl (C=O) groups is 1. The first-order valence-corrected chi connectivity index (χ1v) is 11.3. The van der Waals surface area contributed by atoms with Crippen molar-refractivity contribution in [3.63, 3.8) is 0 Å². The number of ketones is 1. The van der Waals surface area contributed by atoms with E-state index in [2.05, 4.69) is 13.8 Å². The summed E-state index contributed by atoms with van der Waals surface area (Å²) in [5.74, 6) is 2.00. The average molecular weight is 406 g/mol. The molecule has 156 valence electrons. The molecule has 5 atom stereocenters. The highest BCUT2D eigenvalue weighted by Crippen LogP contribution is 2.64. The first-order chi connectivity index (χ1) is 14.4. The van der Waals surface area contributed by atoms with Crippen molar-refractivity contribution in [2.75, 3.05) is 0 Å². The number of allylic oxidation sites excluding steroid dienone is 2. The third-order valence-corrected chi connectivity index (χ3v) is 9.05. The number of carbonyl (C=O) groups excluding carboxylic acids is 1. The molecule has 0 unspecified atom stereocenters. The number of fused-ring (bicyclic) bond motifs is 7. The molecule has 0 amide bonds. The van der Waals surface area contributed by atoms with E-state index in [0.29, 0.717) is 30.0 Å². The maximum Gasteiger partial charge on any atom is 0.155 e. The topological polar surface area (TPSA) is 47.8 Å². The Kier molecular flexibility index (Phi) is 3.76. The van der Waals surface area contributed by atoms with E-state index in [0.717, 1.165) is 42.8 Å². The van der Waals surface area contributed by atoms with Crippen molar-refractivity contribution in [2.45, 2.75) is 64.2 Å². The predicted molar refractivity (Wildman–Crippen MR) is 112 cm³/mol. The highest BCUT2D eigenvalue weighted by Gasteiger charge is 2.59. The predicted octanol–water partition coefficient (Wildman–Crippen LogP) is 4.95. The number of halogens is 1. The van der Waals surface area contributed by atoms with E-state index in [1.165, 1.54) is 30.5 Å². The lowest BCUT2D eigenvalue weighted by Crippen LogP contribution is -2.51. The van der Waals surface area contributed by atoms with Crippen LogP contribution >= 0.6 is 0 Å². The fraction of sp³-hybridized carbons (Fsp3) is 0.560. The lowest BCUT2D eigenvalue weighted by molar-refractivity contribution is -0.117. The van der Waals surface area contributed by atoms with Crippen LogP contribution in [0.4, 0.5) is 4.39 Å². The van der Waals surface area contributed by atoms with Crippen molar-refractivity contribution in [3.05, 3.63) is 53.1 Å². The molecule has 1 heterocycles. The fourth-order valence-electron chi connectivity index (χ4n) is 7.37. The van der Waals surface area contributed by atoms with Crippen molar-refractivity contribution in [1.82, 2.24) is 15.0 Å². The minimum atomic E-state index is -0.243. The summed E-state index contributed by atoms with van der Waals surface area (Å²) >= 11 is 0. The second-order valence-electron chi connectivity index (χ2n) is 10.4. The van der Waals surface area contributed by atoms with Crippen LogP contribution < -0.4 is 0 Å². The number of benzene rings is 1. The summed E-state index contributed by atoms with van der Waals surface area (Å²) in [5, 5.41) is 9.75. The molecule has 0 bridgehead atoms. The van der Waals surface area contributed by atoms with Gasteiger partial charge in [-0.05, 0) is 92.0 Å². The summed E-state index contributed by atoms with van der Waals surface area (Å²) in [6.45, 7) is 4.81. The van der Waals surface area contributed by atoms with Crippen LogP contribution in [0.2, 0.25) is 0 Å². The molecule has 2 fully saturated rings. The Morgan fingerprint density at radius 1 is 1.00 bits per heavy atom. The lowest BCUT2D eigenvalue weighted by Gasteiger charge is -2.57. The van der Waals surface area contributed by atoms with E-state index in [9.17, 15) is 9.18 Å². The van der Waals surface area contributed by atoms with Crippen molar-refractivity contribution < 1.29 is 9.18 Å². The van der Waals surface area contributed by atoms with Crippen LogP contribution in [0.3, 0.4) is 0 Å². The number of hydrogen-bond donors (Lipinski definition) is 0. The van der Waals surface area contributed by atoms with Crippen LogP contribution in [-0.2, 0) is 16.6 Å². The molecule has 6 rings (SSSR count). The van der Waals surface area contributed by atoms with Gasteiger partial charge < -0.3 is 0 Å². The van der Waals surface area contributed by atoms with Gasteiger partial charge in [-0.15, -0.1) is 0 Å².